The van der Waals surface area contributed by atoms with Crippen molar-refractivity contribution in [2.45, 2.75) is 12.8 Å². The SMILES string of the molecule is N#CC(C#N)=C1c2ccccc2CC1Cc1ccccc1. The number of allylic oxidation sites excluding steroid dienone is 2. The fourth-order valence-corrected chi connectivity index (χ4v) is 3.11. The fourth-order valence-electron chi connectivity index (χ4n) is 3.11. The van der Waals surface area contributed by atoms with Gasteiger partial charge in [-0.1, -0.05) is 54.6 Å². The summed E-state index contributed by atoms with van der Waals surface area (Å²) in [6, 6.07) is 22.5. The molecule has 0 aliphatic heterocycles. The number of benzene rings is 2. The molecule has 0 saturated carbocycles. The van der Waals surface area contributed by atoms with Crippen molar-refractivity contribution < 1.29 is 0 Å². The van der Waals surface area contributed by atoms with Crippen molar-refractivity contribution in [2.24, 2.45) is 5.92 Å². The van der Waals surface area contributed by atoms with E-state index in [1.807, 2.05) is 36.4 Å². The Hall–Kier alpha value is -2.84. The van der Waals surface area contributed by atoms with Crippen LogP contribution in [0.3, 0.4) is 0 Å². The second kappa shape index (κ2) is 5.65. The molecule has 0 spiro atoms. The van der Waals surface area contributed by atoms with E-state index in [1.54, 1.807) is 0 Å². The summed E-state index contributed by atoms with van der Waals surface area (Å²) in [5, 5.41) is 18.5. The van der Waals surface area contributed by atoms with Gasteiger partial charge in [0.25, 0.3) is 0 Å². The molecule has 1 aliphatic carbocycles. The summed E-state index contributed by atoms with van der Waals surface area (Å²) in [6.07, 6.45) is 1.75. The van der Waals surface area contributed by atoms with E-state index in [4.69, 9.17) is 0 Å². The van der Waals surface area contributed by atoms with E-state index in [0.717, 1.165) is 24.0 Å². The molecule has 3 rings (SSSR count). The lowest BCUT2D eigenvalue weighted by Crippen LogP contribution is -2.05. The molecule has 2 nitrogen and oxygen atoms in total. The monoisotopic (exact) mass is 270 g/mol. The van der Waals surface area contributed by atoms with Gasteiger partial charge in [0.05, 0.1) is 0 Å². The minimum atomic E-state index is 0.207. The van der Waals surface area contributed by atoms with Gasteiger partial charge in [-0.3, -0.25) is 0 Å². The molecule has 0 N–H and O–H groups in total. The smallest absolute Gasteiger partial charge is 0.133 e. The highest BCUT2D eigenvalue weighted by molar-refractivity contribution is 5.81. The molecule has 100 valence electrons. The van der Waals surface area contributed by atoms with Crippen LogP contribution in [0.1, 0.15) is 16.7 Å². The molecule has 0 amide bonds. The number of fused-ring (bicyclic) bond motifs is 1. The average molecular weight is 270 g/mol. The van der Waals surface area contributed by atoms with E-state index in [-0.39, 0.29) is 11.5 Å². The number of hydrogen-bond donors (Lipinski definition) is 0. The summed E-state index contributed by atoms with van der Waals surface area (Å²) in [5.41, 5.74) is 4.70. The molecule has 2 aromatic carbocycles. The van der Waals surface area contributed by atoms with Crippen molar-refractivity contribution in [2.75, 3.05) is 0 Å². The van der Waals surface area contributed by atoms with Gasteiger partial charge in [0.15, 0.2) is 0 Å². The third-order valence-corrected chi connectivity index (χ3v) is 4.00. The van der Waals surface area contributed by atoms with E-state index in [0.29, 0.717) is 0 Å². The largest absolute Gasteiger partial charge is 0.192 e. The van der Waals surface area contributed by atoms with Crippen molar-refractivity contribution in [3.8, 4) is 12.1 Å². The van der Waals surface area contributed by atoms with Crippen LogP contribution in [0.15, 0.2) is 60.2 Å². The van der Waals surface area contributed by atoms with Gasteiger partial charge in [-0.15, -0.1) is 0 Å². The maximum atomic E-state index is 9.27. The van der Waals surface area contributed by atoms with Gasteiger partial charge in [-0.25, -0.2) is 0 Å². The quantitative estimate of drug-likeness (QED) is 0.777. The lowest BCUT2D eigenvalue weighted by Gasteiger charge is -2.12. The normalized spacial score (nSPS) is 15.9. The molecule has 1 atom stereocenters. The van der Waals surface area contributed by atoms with Gasteiger partial charge in [0, 0.05) is 0 Å². The molecular formula is C19H14N2. The lowest BCUT2D eigenvalue weighted by molar-refractivity contribution is 0.689. The van der Waals surface area contributed by atoms with Crippen LogP contribution < -0.4 is 0 Å². The summed E-state index contributed by atoms with van der Waals surface area (Å²) in [7, 11) is 0. The van der Waals surface area contributed by atoms with Crippen molar-refractivity contribution in [3.05, 3.63) is 76.9 Å². The van der Waals surface area contributed by atoms with Crippen molar-refractivity contribution in [1.29, 1.82) is 10.5 Å². The highest BCUT2D eigenvalue weighted by Gasteiger charge is 2.29. The molecule has 1 unspecified atom stereocenters. The Morgan fingerprint density at radius 3 is 2.33 bits per heavy atom. The number of nitrogens with zero attached hydrogens (tertiary/aromatic N) is 2. The zero-order valence-corrected chi connectivity index (χ0v) is 11.6. The first-order chi connectivity index (χ1) is 10.3. The van der Waals surface area contributed by atoms with E-state index in [1.165, 1.54) is 11.1 Å². The second-order valence-corrected chi connectivity index (χ2v) is 5.26. The maximum absolute atomic E-state index is 9.27. The first-order valence-electron chi connectivity index (χ1n) is 7.00. The van der Waals surface area contributed by atoms with E-state index < -0.39 is 0 Å². The Morgan fingerprint density at radius 1 is 0.952 bits per heavy atom. The summed E-state index contributed by atoms with van der Waals surface area (Å²) in [5.74, 6) is 0.207. The molecule has 0 aromatic heterocycles. The second-order valence-electron chi connectivity index (χ2n) is 5.26. The topological polar surface area (TPSA) is 47.6 Å². The summed E-state index contributed by atoms with van der Waals surface area (Å²) in [6.45, 7) is 0. The van der Waals surface area contributed by atoms with Crippen LogP contribution in [0.5, 0.6) is 0 Å². The first kappa shape index (κ1) is 13.2. The highest BCUT2D eigenvalue weighted by Crippen LogP contribution is 2.40. The number of rotatable bonds is 2. The molecule has 0 heterocycles. The summed E-state index contributed by atoms with van der Waals surface area (Å²) < 4.78 is 0. The Balaban J connectivity index is 2.05. The highest BCUT2D eigenvalue weighted by atomic mass is 14.4. The zero-order valence-electron chi connectivity index (χ0n) is 11.6. The van der Waals surface area contributed by atoms with E-state index in [9.17, 15) is 10.5 Å². The minimum absolute atomic E-state index is 0.207. The first-order valence-corrected chi connectivity index (χ1v) is 7.00. The molecule has 0 fully saturated rings. The van der Waals surface area contributed by atoms with Gasteiger partial charge < -0.3 is 0 Å². The van der Waals surface area contributed by atoms with Gasteiger partial charge in [-0.2, -0.15) is 10.5 Å². The summed E-state index contributed by atoms with van der Waals surface area (Å²) >= 11 is 0. The molecule has 0 saturated heterocycles. The third kappa shape index (κ3) is 2.45. The third-order valence-electron chi connectivity index (χ3n) is 4.00. The van der Waals surface area contributed by atoms with Crippen LogP contribution in [-0.4, -0.2) is 0 Å². The van der Waals surface area contributed by atoms with Crippen LogP contribution in [-0.2, 0) is 12.8 Å². The number of hydrogen-bond acceptors (Lipinski definition) is 2. The lowest BCUT2D eigenvalue weighted by atomic mass is 9.89. The van der Waals surface area contributed by atoms with Crippen LogP contribution in [0.25, 0.3) is 5.57 Å². The Labute approximate surface area is 124 Å². The van der Waals surface area contributed by atoms with E-state index >= 15 is 0 Å². The minimum Gasteiger partial charge on any atom is -0.192 e. The van der Waals surface area contributed by atoms with Crippen molar-refractivity contribution in [1.82, 2.24) is 0 Å². The fraction of sp³-hybridized carbons (Fsp3) is 0.158. The van der Waals surface area contributed by atoms with E-state index in [2.05, 4.69) is 30.3 Å². The van der Waals surface area contributed by atoms with Crippen molar-refractivity contribution >= 4 is 5.57 Å². The Bertz CT molecular complexity index is 757. The molecule has 2 aromatic rings. The average Bonchev–Trinajstić information content (AvgIpc) is 2.88. The number of nitriles is 2. The van der Waals surface area contributed by atoms with Gasteiger partial charge in [-0.05, 0) is 41.0 Å². The molecule has 21 heavy (non-hydrogen) atoms. The molecule has 0 radical (unpaired) electrons. The van der Waals surface area contributed by atoms with Crippen LogP contribution >= 0.6 is 0 Å². The van der Waals surface area contributed by atoms with Crippen LogP contribution in [0.2, 0.25) is 0 Å². The standard InChI is InChI=1S/C19H14N2/c20-12-17(13-21)19-16(10-14-6-2-1-3-7-14)11-15-8-4-5-9-18(15)19/h1-9,16H,10-11H2. The maximum Gasteiger partial charge on any atom is 0.133 e. The van der Waals surface area contributed by atoms with Crippen molar-refractivity contribution in [3.63, 3.8) is 0 Å². The molecule has 0 bridgehead atoms. The Morgan fingerprint density at radius 2 is 1.62 bits per heavy atom. The molecular weight excluding hydrogens is 256 g/mol. The molecule has 2 heteroatoms. The zero-order chi connectivity index (χ0) is 14.7. The predicted octanol–water partition coefficient (Wildman–Crippen LogP) is 3.90. The predicted molar refractivity (Wildman–Crippen MR) is 81.9 cm³/mol. The van der Waals surface area contributed by atoms with Crippen LogP contribution in [0, 0.1) is 28.6 Å². The Kier molecular flexibility index (Phi) is 3.54. The van der Waals surface area contributed by atoms with Gasteiger partial charge >= 0.3 is 0 Å². The summed E-state index contributed by atoms with van der Waals surface area (Å²) in [4.78, 5) is 0. The van der Waals surface area contributed by atoms with Gasteiger partial charge in [0.2, 0.25) is 0 Å². The van der Waals surface area contributed by atoms with Crippen LogP contribution in [0.4, 0.5) is 0 Å². The van der Waals surface area contributed by atoms with Gasteiger partial charge in [0.1, 0.15) is 17.7 Å². The molecule has 1 aliphatic rings.